The molecule has 0 unspecified atom stereocenters. The van der Waals surface area contributed by atoms with Gasteiger partial charge in [0.25, 0.3) is 0 Å². The van der Waals surface area contributed by atoms with Crippen molar-refractivity contribution >= 4 is 12.0 Å². The smallest absolute Gasteiger partial charge is 0.335 e. The highest BCUT2D eigenvalue weighted by atomic mass is 16.6. The third-order valence-electron chi connectivity index (χ3n) is 3.72. The molecule has 0 bridgehead atoms. The molecule has 0 N–H and O–H groups in total. The van der Waals surface area contributed by atoms with Crippen LogP contribution in [0, 0.1) is 0 Å². The Kier molecular flexibility index (Phi) is 8.43. The minimum atomic E-state index is -0.569. The van der Waals surface area contributed by atoms with Crippen LogP contribution in [0.25, 0.3) is 6.08 Å². The summed E-state index contributed by atoms with van der Waals surface area (Å²) in [5, 5.41) is 0. The Morgan fingerprint density at radius 3 is 2.38 bits per heavy atom. The first-order chi connectivity index (χ1) is 12.7. The Hall–Kier alpha value is -2.59. The van der Waals surface area contributed by atoms with Gasteiger partial charge in [0.1, 0.15) is 12.4 Å². The maximum Gasteiger partial charge on any atom is 0.335 e. The van der Waals surface area contributed by atoms with Gasteiger partial charge in [-0.15, -0.1) is 0 Å². The zero-order valence-electron chi connectivity index (χ0n) is 15.4. The number of esters is 1. The van der Waals surface area contributed by atoms with E-state index in [1.807, 2.05) is 73.7 Å². The highest BCUT2D eigenvalue weighted by Crippen LogP contribution is 2.15. The summed E-state index contributed by atoms with van der Waals surface area (Å²) in [5.74, 6) is 0.469. The normalized spacial score (nSPS) is 12.1. The topological polar surface area (TPSA) is 44.8 Å². The van der Waals surface area contributed by atoms with E-state index in [1.165, 1.54) is 0 Å². The fourth-order valence-electron chi connectivity index (χ4n) is 2.48. The van der Waals surface area contributed by atoms with Crippen molar-refractivity contribution < 1.29 is 19.0 Å². The number of hydrogen-bond acceptors (Lipinski definition) is 4. The van der Waals surface area contributed by atoms with E-state index in [0.717, 1.165) is 16.9 Å². The molecule has 0 fully saturated rings. The molecular formula is C22H26O4. The van der Waals surface area contributed by atoms with Crippen molar-refractivity contribution in [2.75, 3.05) is 19.8 Å². The van der Waals surface area contributed by atoms with Crippen molar-refractivity contribution in [1.82, 2.24) is 0 Å². The Balaban J connectivity index is 1.84. The molecule has 0 aliphatic rings. The number of hydrogen-bond donors (Lipinski definition) is 0. The quantitative estimate of drug-likeness (QED) is 0.597. The third-order valence-corrected chi connectivity index (χ3v) is 3.72. The van der Waals surface area contributed by atoms with Gasteiger partial charge in [-0.1, -0.05) is 48.5 Å². The number of rotatable bonds is 10. The van der Waals surface area contributed by atoms with Crippen molar-refractivity contribution in [3.63, 3.8) is 0 Å². The Labute approximate surface area is 155 Å². The van der Waals surface area contributed by atoms with Crippen LogP contribution in [0.2, 0.25) is 0 Å². The molecule has 0 saturated heterocycles. The van der Waals surface area contributed by atoms with Crippen molar-refractivity contribution in [3.05, 3.63) is 71.8 Å². The van der Waals surface area contributed by atoms with Gasteiger partial charge in [-0.05, 0) is 43.2 Å². The molecule has 0 aromatic heterocycles. The second-order valence-electron chi connectivity index (χ2n) is 5.67. The minimum absolute atomic E-state index is 0.319. The monoisotopic (exact) mass is 354 g/mol. The molecule has 4 nitrogen and oxygen atoms in total. The summed E-state index contributed by atoms with van der Waals surface area (Å²) >= 11 is 0. The lowest BCUT2D eigenvalue weighted by Gasteiger charge is -2.15. The first-order valence-corrected chi connectivity index (χ1v) is 8.94. The van der Waals surface area contributed by atoms with Gasteiger partial charge in [0.15, 0.2) is 6.10 Å². The van der Waals surface area contributed by atoms with Crippen LogP contribution in [0.1, 0.15) is 25.0 Å². The predicted molar refractivity (Wildman–Crippen MR) is 103 cm³/mol. The molecule has 0 amide bonds. The first kappa shape index (κ1) is 19.7. The minimum Gasteiger partial charge on any atom is -0.490 e. The van der Waals surface area contributed by atoms with E-state index in [2.05, 4.69) is 0 Å². The molecule has 0 aliphatic heterocycles. The molecule has 2 aromatic carbocycles. The lowest BCUT2D eigenvalue weighted by molar-refractivity contribution is -0.156. The van der Waals surface area contributed by atoms with Crippen molar-refractivity contribution in [1.29, 1.82) is 0 Å². The summed E-state index contributed by atoms with van der Waals surface area (Å²) in [4.78, 5) is 11.9. The maximum absolute atomic E-state index is 11.9. The van der Waals surface area contributed by atoms with E-state index in [4.69, 9.17) is 14.2 Å². The van der Waals surface area contributed by atoms with Crippen LogP contribution in [0.5, 0.6) is 5.75 Å². The zero-order valence-corrected chi connectivity index (χ0v) is 15.4. The fraction of sp³-hybridized carbons (Fsp3) is 0.318. The highest BCUT2D eigenvalue weighted by molar-refractivity contribution is 5.75. The highest BCUT2D eigenvalue weighted by Gasteiger charge is 2.20. The number of benzene rings is 2. The molecule has 4 heteroatoms. The van der Waals surface area contributed by atoms with Crippen LogP contribution in [-0.4, -0.2) is 31.9 Å². The van der Waals surface area contributed by atoms with E-state index >= 15 is 0 Å². The zero-order chi connectivity index (χ0) is 18.6. The average Bonchev–Trinajstić information content (AvgIpc) is 2.67. The molecule has 26 heavy (non-hydrogen) atoms. The van der Waals surface area contributed by atoms with Crippen LogP contribution < -0.4 is 4.74 Å². The Bertz CT molecular complexity index is 677. The van der Waals surface area contributed by atoms with Crippen LogP contribution >= 0.6 is 0 Å². The maximum atomic E-state index is 11.9. The summed E-state index contributed by atoms with van der Waals surface area (Å²) in [5.41, 5.74) is 2.15. The van der Waals surface area contributed by atoms with Crippen molar-refractivity contribution in [2.45, 2.75) is 26.4 Å². The van der Waals surface area contributed by atoms with Gasteiger partial charge in [-0.2, -0.15) is 0 Å². The molecular weight excluding hydrogens is 328 g/mol. The molecule has 0 radical (unpaired) electrons. The van der Waals surface area contributed by atoms with Crippen molar-refractivity contribution in [2.24, 2.45) is 0 Å². The summed E-state index contributed by atoms with van der Waals surface area (Å²) < 4.78 is 16.3. The summed E-state index contributed by atoms with van der Waals surface area (Å²) in [6.45, 7) is 4.98. The number of carbonyl (C=O) groups excluding carboxylic acids is 1. The van der Waals surface area contributed by atoms with E-state index in [0.29, 0.717) is 26.2 Å². The van der Waals surface area contributed by atoms with E-state index in [1.54, 1.807) is 6.92 Å². The molecule has 0 aliphatic carbocycles. The van der Waals surface area contributed by atoms with E-state index < -0.39 is 6.10 Å². The molecule has 2 rings (SSSR count). The van der Waals surface area contributed by atoms with Gasteiger partial charge in [-0.3, -0.25) is 0 Å². The van der Waals surface area contributed by atoms with Crippen LogP contribution in [0.4, 0.5) is 0 Å². The molecule has 0 spiro atoms. The van der Waals surface area contributed by atoms with Gasteiger partial charge < -0.3 is 14.2 Å². The number of ether oxygens (including phenoxy) is 3. The predicted octanol–water partition coefficient (Wildman–Crippen LogP) is 4.29. The molecule has 0 saturated carbocycles. The molecule has 0 heterocycles. The lowest BCUT2D eigenvalue weighted by Crippen LogP contribution is -2.28. The van der Waals surface area contributed by atoms with Crippen LogP contribution in [-0.2, 0) is 20.7 Å². The lowest BCUT2D eigenvalue weighted by atomic mass is 10.1. The third kappa shape index (κ3) is 6.73. The Morgan fingerprint density at radius 1 is 1.00 bits per heavy atom. The Morgan fingerprint density at radius 2 is 1.73 bits per heavy atom. The second kappa shape index (κ2) is 11.1. The standard InChI is InChI=1S/C22H26O4/c1-3-24-21(22(23)25-4-2)17-19-12-14-20(15-13-19)26-16-8-11-18-9-6-5-7-10-18/h5-15,21H,3-4,16-17H2,1-2H3/b11-8+/t21-/m0/s1. The van der Waals surface area contributed by atoms with Gasteiger partial charge in [0.05, 0.1) is 6.61 Å². The van der Waals surface area contributed by atoms with Gasteiger partial charge in [-0.25, -0.2) is 4.79 Å². The van der Waals surface area contributed by atoms with Gasteiger partial charge in [0, 0.05) is 13.0 Å². The fourth-order valence-corrected chi connectivity index (χ4v) is 2.48. The largest absolute Gasteiger partial charge is 0.490 e. The van der Waals surface area contributed by atoms with Gasteiger partial charge >= 0.3 is 5.97 Å². The summed E-state index contributed by atoms with van der Waals surface area (Å²) in [6, 6.07) is 17.8. The average molecular weight is 354 g/mol. The first-order valence-electron chi connectivity index (χ1n) is 8.94. The number of carbonyl (C=O) groups is 1. The molecule has 1 atom stereocenters. The van der Waals surface area contributed by atoms with Crippen LogP contribution in [0.3, 0.4) is 0 Å². The summed E-state index contributed by atoms with van der Waals surface area (Å²) in [7, 11) is 0. The van der Waals surface area contributed by atoms with Gasteiger partial charge in [0.2, 0.25) is 0 Å². The van der Waals surface area contributed by atoms with Crippen molar-refractivity contribution in [3.8, 4) is 5.75 Å². The second-order valence-corrected chi connectivity index (χ2v) is 5.67. The summed E-state index contributed by atoms with van der Waals surface area (Å²) in [6.07, 6.45) is 3.93. The SMILES string of the molecule is CCOC(=O)[C@H](Cc1ccc(OC/C=C/c2ccccc2)cc1)OCC. The van der Waals surface area contributed by atoms with E-state index in [-0.39, 0.29) is 5.97 Å². The van der Waals surface area contributed by atoms with Crippen LogP contribution in [0.15, 0.2) is 60.7 Å². The molecule has 2 aromatic rings. The van der Waals surface area contributed by atoms with E-state index in [9.17, 15) is 4.79 Å². The molecule has 138 valence electrons.